The van der Waals surface area contributed by atoms with Crippen LogP contribution in [-0.2, 0) is 11.2 Å². The molecular formula is C26H22F2N4O2S2. The van der Waals surface area contributed by atoms with Crippen molar-refractivity contribution < 1.29 is 18.3 Å². The molecule has 0 saturated carbocycles. The van der Waals surface area contributed by atoms with Crippen LogP contribution >= 0.6 is 22.7 Å². The third kappa shape index (κ3) is 5.34. The van der Waals surface area contributed by atoms with Gasteiger partial charge in [0.05, 0.1) is 37.7 Å². The van der Waals surface area contributed by atoms with Gasteiger partial charge in [-0.1, -0.05) is 6.07 Å². The van der Waals surface area contributed by atoms with Gasteiger partial charge in [-0.05, 0) is 68.7 Å². The lowest BCUT2D eigenvalue weighted by atomic mass is 9.95. The van der Waals surface area contributed by atoms with Crippen molar-refractivity contribution in [1.29, 1.82) is 0 Å². The minimum absolute atomic E-state index is 0.0858. The molecule has 3 aromatic heterocycles. The van der Waals surface area contributed by atoms with E-state index in [0.717, 1.165) is 32.1 Å². The number of nitrogens with zero attached hydrogens (tertiary/aromatic N) is 3. The van der Waals surface area contributed by atoms with Crippen LogP contribution in [0.15, 0.2) is 53.5 Å². The zero-order valence-electron chi connectivity index (χ0n) is 19.7. The maximum absolute atomic E-state index is 14.0. The van der Waals surface area contributed by atoms with Crippen molar-refractivity contribution in [2.24, 2.45) is 0 Å². The number of rotatable bonds is 5. The quantitative estimate of drug-likeness (QED) is 0.266. The van der Waals surface area contributed by atoms with E-state index in [-0.39, 0.29) is 6.42 Å². The van der Waals surface area contributed by atoms with E-state index >= 15 is 0 Å². The maximum Gasteiger partial charge on any atom is 0.408 e. The van der Waals surface area contributed by atoms with Crippen LogP contribution in [0.1, 0.15) is 38.1 Å². The van der Waals surface area contributed by atoms with Crippen LogP contribution in [0.4, 0.5) is 13.6 Å². The smallest absolute Gasteiger partial charge is 0.408 e. The Hall–Kier alpha value is -3.50. The van der Waals surface area contributed by atoms with Gasteiger partial charge in [0.15, 0.2) is 5.65 Å². The van der Waals surface area contributed by atoms with Gasteiger partial charge in [0.2, 0.25) is 0 Å². The van der Waals surface area contributed by atoms with Gasteiger partial charge in [0.25, 0.3) is 0 Å². The number of nitrogens with one attached hydrogen (secondary N) is 1. The molecule has 2 aromatic carbocycles. The first-order valence-electron chi connectivity index (χ1n) is 11.2. The van der Waals surface area contributed by atoms with Gasteiger partial charge >= 0.3 is 6.09 Å². The largest absolute Gasteiger partial charge is 0.444 e. The van der Waals surface area contributed by atoms with Gasteiger partial charge in [-0.25, -0.2) is 28.5 Å². The molecule has 0 aliphatic carbocycles. The summed E-state index contributed by atoms with van der Waals surface area (Å²) >= 11 is 3.00. The van der Waals surface area contributed by atoms with Crippen molar-refractivity contribution in [2.45, 2.75) is 38.8 Å². The monoisotopic (exact) mass is 524 g/mol. The zero-order valence-corrected chi connectivity index (χ0v) is 21.3. The predicted molar refractivity (Wildman–Crippen MR) is 138 cm³/mol. The van der Waals surface area contributed by atoms with Crippen LogP contribution in [0.2, 0.25) is 0 Å². The molecule has 1 N–H and O–H groups in total. The number of alkyl carbamates (subject to hydrolysis) is 1. The topological polar surface area (TPSA) is 77.0 Å². The molecule has 0 fully saturated rings. The summed E-state index contributed by atoms with van der Waals surface area (Å²) in [6.45, 7) is 5.28. The first-order valence-corrected chi connectivity index (χ1v) is 12.9. The molecule has 1 unspecified atom stereocenters. The van der Waals surface area contributed by atoms with Crippen LogP contribution in [-0.4, -0.2) is 26.6 Å². The number of hydrogen-bond donors (Lipinski definition) is 1. The van der Waals surface area contributed by atoms with Crippen LogP contribution in [0.5, 0.6) is 0 Å². The summed E-state index contributed by atoms with van der Waals surface area (Å²) in [4.78, 5) is 26.4. The maximum atomic E-state index is 14.0. The molecule has 0 aliphatic heterocycles. The molecule has 0 saturated heterocycles. The number of hydrogen-bond acceptors (Lipinski definition) is 7. The lowest BCUT2D eigenvalue weighted by Crippen LogP contribution is -2.36. The van der Waals surface area contributed by atoms with Crippen LogP contribution in [0, 0.1) is 11.6 Å². The summed E-state index contributed by atoms with van der Waals surface area (Å²) in [6.07, 6.45) is -0.576. The SMILES string of the molecule is CC(C)(C)OC(=O)NC(Cc1cc(F)cc(F)c1)c1nc2ncsc2cc1-c1ccc2scnc2c1. The number of benzene rings is 2. The number of thiazole rings is 2. The Bertz CT molecular complexity index is 1560. The van der Waals surface area contributed by atoms with Gasteiger partial charge in [-0.15, -0.1) is 22.7 Å². The number of pyridine rings is 1. The number of carbonyl (C=O) groups is 1. The van der Waals surface area contributed by atoms with Crippen molar-refractivity contribution in [3.63, 3.8) is 0 Å². The second-order valence-electron chi connectivity index (χ2n) is 9.31. The Kier molecular flexibility index (Phi) is 6.40. The Morgan fingerprint density at radius 3 is 2.47 bits per heavy atom. The van der Waals surface area contributed by atoms with E-state index in [9.17, 15) is 13.6 Å². The first-order chi connectivity index (χ1) is 17.1. The third-order valence-corrected chi connectivity index (χ3v) is 6.95. The summed E-state index contributed by atoms with van der Waals surface area (Å²) in [5.74, 6) is -1.39. The van der Waals surface area contributed by atoms with E-state index in [0.29, 0.717) is 16.9 Å². The normalized spacial score (nSPS) is 12.7. The lowest BCUT2D eigenvalue weighted by Gasteiger charge is -2.25. The second-order valence-corrected chi connectivity index (χ2v) is 11.1. The molecule has 1 amide bonds. The van der Waals surface area contributed by atoms with E-state index in [1.165, 1.54) is 23.5 Å². The highest BCUT2D eigenvalue weighted by Gasteiger charge is 2.26. The number of amides is 1. The standard InChI is InChI=1S/C26H22F2N4O2S2/c1-26(2,3)34-25(33)31-20(8-14-6-16(27)10-17(28)7-14)23-18(11-22-24(32-23)30-13-36-22)15-4-5-21-19(9-15)29-12-35-21/h4-7,9-13,20H,8H2,1-3H3,(H,31,33). The first kappa shape index (κ1) is 24.2. The zero-order chi connectivity index (χ0) is 25.4. The summed E-state index contributed by atoms with van der Waals surface area (Å²) in [7, 11) is 0. The second kappa shape index (κ2) is 9.51. The van der Waals surface area contributed by atoms with Gasteiger partial charge < -0.3 is 10.1 Å². The lowest BCUT2D eigenvalue weighted by molar-refractivity contribution is 0.0502. The Morgan fingerprint density at radius 1 is 1.00 bits per heavy atom. The van der Waals surface area contributed by atoms with E-state index in [4.69, 9.17) is 9.72 Å². The van der Waals surface area contributed by atoms with Gasteiger partial charge in [-0.3, -0.25) is 0 Å². The molecular weight excluding hydrogens is 502 g/mol. The summed E-state index contributed by atoms with van der Waals surface area (Å²) in [5.41, 5.74) is 6.62. The van der Waals surface area contributed by atoms with Crippen molar-refractivity contribution >= 4 is 49.3 Å². The minimum atomic E-state index is -0.756. The van der Waals surface area contributed by atoms with Crippen molar-refractivity contribution in [3.8, 4) is 11.1 Å². The molecule has 1 atom stereocenters. The number of aromatic nitrogens is 3. The Balaban J connectivity index is 1.64. The van der Waals surface area contributed by atoms with Crippen molar-refractivity contribution in [2.75, 3.05) is 0 Å². The molecule has 5 rings (SSSR count). The molecule has 0 spiro atoms. The predicted octanol–water partition coefficient (Wildman–Crippen LogP) is 7.05. The van der Waals surface area contributed by atoms with Crippen LogP contribution < -0.4 is 5.32 Å². The highest BCUT2D eigenvalue weighted by molar-refractivity contribution is 7.17. The van der Waals surface area contributed by atoms with Crippen molar-refractivity contribution in [1.82, 2.24) is 20.3 Å². The Labute approximate surface area is 214 Å². The molecule has 5 aromatic rings. The van der Waals surface area contributed by atoms with Gasteiger partial charge in [-0.2, -0.15) is 0 Å². The summed E-state index contributed by atoms with van der Waals surface area (Å²) in [5, 5.41) is 2.87. The molecule has 184 valence electrons. The minimum Gasteiger partial charge on any atom is -0.444 e. The fourth-order valence-electron chi connectivity index (χ4n) is 3.96. The van der Waals surface area contributed by atoms with Crippen LogP contribution in [0.25, 0.3) is 31.7 Å². The molecule has 0 radical (unpaired) electrons. The van der Waals surface area contributed by atoms with E-state index in [2.05, 4.69) is 15.3 Å². The van der Waals surface area contributed by atoms with Gasteiger partial charge in [0.1, 0.15) is 17.2 Å². The van der Waals surface area contributed by atoms with E-state index < -0.39 is 29.4 Å². The van der Waals surface area contributed by atoms with E-state index in [1.807, 2.05) is 24.3 Å². The number of halogens is 2. The van der Waals surface area contributed by atoms with E-state index in [1.54, 1.807) is 43.1 Å². The average molecular weight is 525 g/mol. The Morgan fingerprint density at radius 2 is 1.72 bits per heavy atom. The highest BCUT2D eigenvalue weighted by Crippen LogP contribution is 2.35. The fourth-order valence-corrected chi connectivity index (χ4v) is 5.28. The molecule has 10 heteroatoms. The number of ether oxygens (including phenoxy) is 1. The molecule has 0 aliphatic rings. The average Bonchev–Trinajstić information content (AvgIpc) is 3.44. The highest BCUT2D eigenvalue weighted by atomic mass is 32.1. The molecule has 0 bridgehead atoms. The summed E-state index contributed by atoms with van der Waals surface area (Å²) in [6, 6.07) is 10.4. The summed E-state index contributed by atoms with van der Waals surface area (Å²) < 4.78 is 35.4. The molecule has 6 nitrogen and oxygen atoms in total. The fraction of sp³-hybridized carbons (Fsp3) is 0.231. The molecule has 3 heterocycles. The number of fused-ring (bicyclic) bond motifs is 2. The van der Waals surface area contributed by atoms with Gasteiger partial charge in [0, 0.05) is 11.6 Å². The van der Waals surface area contributed by atoms with Crippen LogP contribution in [0.3, 0.4) is 0 Å². The molecule has 36 heavy (non-hydrogen) atoms. The number of carbonyl (C=O) groups excluding carboxylic acids is 1. The third-order valence-electron chi connectivity index (χ3n) is 5.38. The van der Waals surface area contributed by atoms with Crippen molar-refractivity contribution in [3.05, 3.63) is 76.4 Å².